The minimum absolute atomic E-state index is 0.0923. The molecule has 7 heteroatoms. The third-order valence-electron chi connectivity index (χ3n) is 5.29. The van der Waals surface area contributed by atoms with E-state index in [1.165, 1.54) is 12.1 Å². The van der Waals surface area contributed by atoms with Crippen LogP contribution in [0.25, 0.3) is 0 Å². The maximum absolute atomic E-state index is 13.3. The van der Waals surface area contributed by atoms with Gasteiger partial charge in [0.25, 0.3) is 0 Å². The molecule has 1 aliphatic rings. The van der Waals surface area contributed by atoms with Crippen molar-refractivity contribution in [1.82, 2.24) is 15.5 Å². The van der Waals surface area contributed by atoms with Crippen LogP contribution < -0.4 is 10.6 Å². The lowest BCUT2D eigenvalue weighted by Crippen LogP contribution is -2.50. The second kappa shape index (κ2) is 10.1. The molecule has 0 radical (unpaired) electrons. The van der Waals surface area contributed by atoms with Gasteiger partial charge in [0.15, 0.2) is 0 Å². The molecule has 6 nitrogen and oxygen atoms in total. The first kappa shape index (κ1) is 20.9. The fraction of sp³-hybridized carbons (Fsp3) is 0.455. The number of unbranched alkanes of at least 4 members (excludes halogenated alkanes) is 1. The number of benzene rings is 1. The first-order chi connectivity index (χ1) is 14.1. The lowest BCUT2D eigenvalue weighted by atomic mass is 9.88. The van der Waals surface area contributed by atoms with Gasteiger partial charge in [-0.3, -0.25) is 4.79 Å². The maximum Gasteiger partial charge on any atom is 0.317 e. The van der Waals surface area contributed by atoms with Crippen molar-refractivity contribution in [2.75, 3.05) is 13.1 Å². The number of amides is 3. The molecule has 29 heavy (non-hydrogen) atoms. The third kappa shape index (κ3) is 5.59. The molecule has 0 saturated carbocycles. The number of nitrogens with zero attached hydrogens (tertiary/aromatic N) is 1. The molecule has 2 heterocycles. The van der Waals surface area contributed by atoms with Crippen LogP contribution >= 0.6 is 0 Å². The third-order valence-corrected chi connectivity index (χ3v) is 5.29. The Morgan fingerprint density at radius 3 is 2.66 bits per heavy atom. The molecule has 156 valence electrons. The van der Waals surface area contributed by atoms with Crippen LogP contribution in [0.5, 0.6) is 0 Å². The first-order valence-corrected chi connectivity index (χ1v) is 10.2. The van der Waals surface area contributed by atoms with Gasteiger partial charge in [0.05, 0.1) is 24.8 Å². The molecule has 1 aliphatic heterocycles. The molecule has 0 unspecified atom stereocenters. The second-order valence-electron chi connectivity index (χ2n) is 7.38. The first-order valence-electron chi connectivity index (χ1n) is 10.2. The van der Waals surface area contributed by atoms with Crippen molar-refractivity contribution in [3.63, 3.8) is 0 Å². The highest BCUT2D eigenvalue weighted by Gasteiger charge is 2.35. The Morgan fingerprint density at radius 1 is 1.17 bits per heavy atom. The molecule has 0 aliphatic carbocycles. The van der Waals surface area contributed by atoms with Gasteiger partial charge in [0.2, 0.25) is 5.91 Å². The van der Waals surface area contributed by atoms with Crippen molar-refractivity contribution in [3.8, 4) is 0 Å². The summed E-state index contributed by atoms with van der Waals surface area (Å²) in [7, 11) is 0. The maximum atomic E-state index is 13.3. The number of rotatable bonds is 7. The van der Waals surface area contributed by atoms with Crippen LogP contribution in [-0.2, 0) is 11.3 Å². The summed E-state index contributed by atoms with van der Waals surface area (Å²) in [6, 6.07) is 9.46. The van der Waals surface area contributed by atoms with Gasteiger partial charge in [-0.1, -0.05) is 25.5 Å². The average Bonchev–Trinajstić information content (AvgIpc) is 3.26. The Morgan fingerprint density at radius 2 is 1.97 bits per heavy atom. The van der Waals surface area contributed by atoms with E-state index in [0.29, 0.717) is 38.2 Å². The minimum atomic E-state index is -0.307. The lowest BCUT2D eigenvalue weighted by molar-refractivity contribution is -0.127. The van der Waals surface area contributed by atoms with Crippen LogP contribution in [0, 0.1) is 11.7 Å². The number of furan rings is 1. The van der Waals surface area contributed by atoms with Crippen molar-refractivity contribution in [2.24, 2.45) is 5.92 Å². The van der Waals surface area contributed by atoms with E-state index in [2.05, 4.69) is 17.6 Å². The number of halogens is 1. The molecule has 3 rings (SSSR count). The minimum Gasteiger partial charge on any atom is -0.467 e. The number of hydrogen-bond acceptors (Lipinski definition) is 3. The van der Waals surface area contributed by atoms with E-state index in [1.807, 2.05) is 0 Å². The fourth-order valence-electron chi connectivity index (χ4n) is 3.65. The van der Waals surface area contributed by atoms with Gasteiger partial charge in [-0.05, 0) is 49.1 Å². The Bertz CT molecular complexity index is 792. The zero-order chi connectivity index (χ0) is 20.6. The zero-order valence-corrected chi connectivity index (χ0v) is 16.7. The highest BCUT2D eigenvalue weighted by Crippen LogP contribution is 2.33. The molecule has 2 N–H and O–H groups in total. The van der Waals surface area contributed by atoms with Crippen LogP contribution in [0.3, 0.4) is 0 Å². The van der Waals surface area contributed by atoms with Gasteiger partial charge in [0.1, 0.15) is 11.6 Å². The molecule has 2 aromatic rings. The summed E-state index contributed by atoms with van der Waals surface area (Å²) in [5, 5.41) is 5.83. The van der Waals surface area contributed by atoms with Crippen LogP contribution in [-0.4, -0.2) is 29.9 Å². The second-order valence-corrected chi connectivity index (χ2v) is 7.38. The van der Waals surface area contributed by atoms with E-state index in [4.69, 9.17) is 4.42 Å². The number of carbonyl (C=O) groups is 2. The summed E-state index contributed by atoms with van der Waals surface area (Å²) in [5.41, 5.74) is 0.881. The number of urea groups is 1. The van der Waals surface area contributed by atoms with Crippen LogP contribution in [0.15, 0.2) is 47.1 Å². The van der Waals surface area contributed by atoms with Gasteiger partial charge in [0, 0.05) is 13.1 Å². The van der Waals surface area contributed by atoms with Gasteiger partial charge < -0.3 is 20.0 Å². The molecule has 1 saturated heterocycles. The summed E-state index contributed by atoms with van der Waals surface area (Å²) in [4.78, 5) is 27.2. The summed E-state index contributed by atoms with van der Waals surface area (Å²) in [5.74, 6) is -0.00454. The van der Waals surface area contributed by atoms with E-state index >= 15 is 0 Å². The van der Waals surface area contributed by atoms with Crippen LogP contribution in [0.2, 0.25) is 0 Å². The monoisotopic (exact) mass is 401 g/mol. The predicted molar refractivity (Wildman–Crippen MR) is 107 cm³/mol. The van der Waals surface area contributed by atoms with Crippen LogP contribution in [0.1, 0.15) is 50.0 Å². The van der Waals surface area contributed by atoms with E-state index in [9.17, 15) is 14.0 Å². The van der Waals surface area contributed by atoms with E-state index in [0.717, 1.165) is 18.4 Å². The number of carbonyl (C=O) groups excluding carboxylic acids is 2. The topological polar surface area (TPSA) is 74.6 Å². The number of likely N-dealkylation sites (tertiary alicyclic amines) is 1. The molecule has 1 fully saturated rings. The summed E-state index contributed by atoms with van der Waals surface area (Å²) in [6.07, 6.45) is 4.75. The van der Waals surface area contributed by atoms with Gasteiger partial charge in [-0.15, -0.1) is 0 Å². The number of nitrogens with one attached hydrogen (secondary N) is 2. The van der Waals surface area contributed by atoms with Gasteiger partial charge in [-0.25, -0.2) is 9.18 Å². The summed E-state index contributed by atoms with van der Waals surface area (Å²) >= 11 is 0. The summed E-state index contributed by atoms with van der Waals surface area (Å²) in [6.45, 7) is 3.31. The van der Waals surface area contributed by atoms with Crippen LogP contribution in [0.4, 0.5) is 9.18 Å². The van der Waals surface area contributed by atoms with E-state index in [-0.39, 0.29) is 29.7 Å². The summed E-state index contributed by atoms with van der Waals surface area (Å²) < 4.78 is 18.6. The zero-order valence-electron chi connectivity index (χ0n) is 16.7. The normalized spacial score (nSPS) is 19.0. The highest BCUT2D eigenvalue weighted by atomic mass is 19.1. The van der Waals surface area contributed by atoms with Crippen molar-refractivity contribution < 1.29 is 18.4 Å². The Kier molecular flexibility index (Phi) is 7.27. The number of piperidine rings is 1. The molecule has 0 spiro atoms. The van der Waals surface area contributed by atoms with Gasteiger partial charge >= 0.3 is 6.03 Å². The average molecular weight is 401 g/mol. The standard InChI is InChI=1S/C22H28FN3O3/c1-2-3-12-24-22(28)26-15-17(21(27)25-14-19-5-4-13-29-19)8-11-20(26)16-6-9-18(23)10-7-16/h4-7,9-10,13,17,20H,2-3,8,11-12,14-15H2,1H3,(H,24,28)(H,25,27)/t17-,20-/m1/s1. The Balaban J connectivity index is 1.68. The van der Waals surface area contributed by atoms with E-state index in [1.54, 1.807) is 35.4 Å². The van der Waals surface area contributed by atoms with Crippen molar-refractivity contribution in [1.29, 1.82) is 0 Å². The largest absolute Gasteiger partial charge is 0.467 e. The quantitative estimate of drug-likeness (QED) is 0.689. The molecular weight excluding hydrogens is 373 g/mol. The predicted octanol–water partition coefficient (Wildman–Crippen LogP) is 4.00. The van der Waals surface area contributed by atoms with Crippen molar-refractivity contribution >= 4 is 11.9 Å². The fourth-order valence-corrected chi connectivity index (χ4v) is 3.65. The Labute approximate surface area is 170 Å². The number of hydrogen-bond donors (Lipinski definition) is 2. The lowest BCUT2D eigenvalue weighted by Gasteiger charge is -2.39. The molecular formula is C22H28FN3O3. The van der Waals surface area contributed by atoms with Crippen molar-refractivity contribution in [3.05, 3.63) is 59.8 Å². The smallest absolute Gasteiger partial charge is 0.317 e. The molecule has 0 bridgehead atoms. The molecule has 1 aromatic heterocycles. The SMILES string of the molecule is CCCCNC(=O)N1C[C@H](C(=O)NCc2ccco2)CC[C@@H]1c1ccc(F)cc1. The molecule has 1 aromatic carbocycles. The highest BCUT2D eigenvalue weighted by molar-refractivity contribution is 5.81. The molecule has 2 atom stereocenters. The Hall–Kier alpha value is -2.83. The van der Waals surface area contributed by atoms with Gasteiger partial charge in [-0.2, -0.15) is 0 Å². The van der Waals surface area contributed by atoms with Crippen molar-refractivity contribution in [2.45, 2.75) is 45.2 Å². The van der Waals surface area contributed by atoms with E-state index < -0.39 is 0 Å². The molecule has 3 amide bonds.